The van der Waals surface area contributed by atoms with Gasteiger partial charge in [0.2, 0.25) is 0 Å². The van der Waals surface area contributed by atoms with Crippen LogP contribution in [0.5, 0.6) is 0 Å². The molecule has 5 heteroatoms. The third kappa shape index (κ3) is 3.67. The molecule has 0 amide bonds. The van der Waals surface area contributed by atoms with Crippen LogP contribution in [-0.4, -0.2) is 47.3 Å². The number of hydrogen-bond donors (Lipinski definition) is 1. The van der Waals surface area contributed by atoms with Crippen molar-refractivity contribution in [2.24, 2.45) is 0 Å². The SMILES string of the molecule is Nc1ccc(Cc2nc3ccccc3n2CCN2CCOCC2)cc1. The van der Waals surface area contributed by atoms with E-state index >= 15 is 0 Å². The molecule has 2 N–H and O–H groups in total. The van der Waals surface area contributed by atoms with E-state index in [0.717, 1.165) is 62.8 Å². The van der Waals surface area contributed by atoms with Gasteiger partial charge in [-0.3, -0.25) is 4.90 Å². The third-order valence-electron chi connectivity index (χ3n) is 4.82. The fraction of sp³-hybridized carbons (Fsp3) is 0.350. The van der Waals surface area contributed by atoms with E-state index in [1.165, 1.54) is 11.1 Å². The van der Waals surface area contributed by atoms with Crippen LogP contribution in [0, 0.1) is 0 Å². The molecule has 0 unspecified atom stereocenters. The Morgan fingerprint density at radius 3 is 2.52 bits per heavy atom. The molecule has 3 aromatic rings. The Hall–Kier alpha value is -2.37. The smallest absolute Gasteiger partial charge is 0.114 e. The molecular formula is C20H24N4O. The molecule has 0 spiro atoms. The number of nitrogen functional groups attached to an aromatic ring is 1. The first-order valence-electron chi connectivity index (χ1n) is 8.88. The zero-order valence-electron chi connectivity index (χ0n) is 14.4. The van der Waals surface area contributed by atoms with Crippen molar-refractivity contribution in [1.29, 1.82) is 0 Å². The van der Waals surface area contributed by atoms with Crippen LogP contribution < -0.4 is 5.73 Å². The van der Waals surface area contributed by atoms with Gasteiger partial charge in [0.15, 0.2) is 0 Å². The molecule has 1 aliphatic heterocycles. The summed E-state index contributed by atoms with van der Waals surface area (Å²) in [6.45, 7) is 5.68. The first kappa shape index (κ1) is 16.1. The largest absolute Gasteiger partial charge is 0.399 e. The first-order valence-corrected chi connectivity index (χ1v) is 8.88. The second kappa shape index (κ2) is 7.25. The lowest BCUT2D eigenvalue weighted by molar-refractivity contribution is 0.0364. The number of imidazole rings is 1. The summed E-state index contributed by atoms with van der Waals surface area (Å²) in [5.74, 6) is 1.11. The van der Waals surface area contributed by atoms with Gasteiger partial charge in [0.05, 0.1) is 24.2 Å². The number of anilines is 1. The van der Waals surface area contributed by atoms with Gasteiger partial charge in [-0.05, 0) is 29.8 Å². The molecule has 0 aliphatic carbocycles. The summed E-state index contributed by atoms with van der Waals surface area (Å²) in [4.78, 5) is 7.35. The van der Waals surface area contributed by atoms with Crippen molar-refractivity contribution in [2.75, 3.05) is 38.6 Å². The van der Waals surface area contributed by atoms with E-state index in [-0.39, 0.29) is 0 Å². The van der Waals surface area contributed by atoms with Crippen LogP contribution in [0.2, 0.25) is 0 Å². The number of para-hydroxylation sites is 2. The van der Waals surface area contributed by atoms with Crippen molar-refractivity contribution in [3.63, 3.8) is 0 Å². The highest BCUT2D eigenvalue weighted by Crippen LogP contribution is 2.19. The Balaban J connectivity index is 1.59. The fourth-order valence-corrected chi connectivity index (χ4v) is 3.39. The van der Waals surface area contributed by atoms with Crippen molar-refractivity contribution in [3.05, 3.63) is 59.9 Å². The minimum Gasteiger partial charge on any atom is -0.399 e. The number of hydrogen-bond acceptors (Lipinski definition) is 4. The molecule has 5 nitrogen and oxygen atoms in total. The maximum absolute atomic E-state index is 5.80. The molecule has 1 aliphatic rings. The van der Waals surface area contributed by atoms with E-state index < -0.39 is 0 Å². The Morgan fingerprint density at radius 1 is 0.960 bits per heavy atom. The molecule has 1 saturated heterocycles. The predicted molar refractivity (Wildman–Crippen MR) is 101 cm³/mol. The van der Waals surface area contributed by atoms with Gasteiger partial charge in [0.25, 0.3) is 0 Å². The van der Waals surface area contributed by atoms with Crippen molar-refractivity contribution in [2.45, 2.75) is 13.0 Å². The summed E-state index contributed by atoms with van der Waals surface area (Å²) in [7, 11) is 0. The highest BCUT2D eigenvalue weighted by molar-refractivity contribution is 5.76. The minimum atomic E-state index is 0.796. The molecule has 1 aromatic heterocycles. The topological polar surface area (TPSA) is 56.3 Å². The second-order valence-corrected chi connectivity index (χ2v) is 6.54. The predicted octanol–water partition coefficient (Wildman–Crippen LogP) is 2.54. The molecule has 0 saturated carbocycles. The lowest BCUT2D eigenvalue weighted by Gasteiger charge is -2.27. The van der Waals surface area contributed by atoms with E-state index in [1.54, 1.807) is 0 Å². The molecule has 0 bridgehead atoms. The van der Waals surface area contributed by atoms with E-state index in [4.69, 9.17) is 15.5 Å². The molecule has 130 valence electrons. The zero-order chi connectivity index (χ0) is 17.1. The highest BCUT2D eigenvalue weighted by atomic mass is 16.5. The summed E-state index contributed by atoms with van der Waals surface area (Å²) in [6.07, 6.45) is 0.818. The van der Waals surface area contributed by atoms with Crippen LogP contribution in [0.4, 0.5) is 5.69 Å². The van der Waals surface area contributed by atoms with Gasteiger partial charge >= 0.3 is 0 Å². The van der Waals surface area contributed by atoms with E-state index in [1.807, 2.05) is 12.1 Å². The second-order valence-electron chi connectivity index (χ2n) is 6.54. The van der Waals surface area contributed by atoms with Crippen LogP contribution in [-0.2, 0) is 17.7 Å². The number of nitrogens with zero attached hydrogens (tertiary/aromatic N) is 3. The fourth-order valence-electron chi connectivity index (χ4n) is 3.39. The van der Waals surface area contributed by atoms with Crippen LogP contribution in [0.25, 0.3) is 11.0 Å². The van der Waals surface area contributed by atoms with E-state index in [9.17, 15) is 0 Å². The number of benzene rings is 2. The number of morpholine rings is 1. The van der Waals surface area contributed by atoms with Crippen molar-refractivity contribution >= 4 is 16.7 Å². The molecular weight excluding hydrogens is 312 g/mol. The van der Waals surface area contributed by atoms with Gasteiger partial charge in [-0.2, -0.15) is 0 Å². The van der Waals surface area contributed by atoms with Crippen LogP contribution >= 0.6 is 0 Å². The number of aromatic nitrogens is 2. The van der Waals surface area contributed by atoms with Crippen LogP contribution in [0.15, 0.2) is 48.5 Å². The van der Waals surface area contributed by atoms with Crippen LogP contribution in [0.3, 0.4) is 0 Å². The Kier molecular flexibility index (Phi) is 4.68. The van der Waals surface area contributed by atoms with Crippen LogP contribution in [0.1, 0.15) is 11.4 Å². The lowest BCUT2D eigenvalue weighted by atomic mass is 10.1. The summed E-state index contributed by atoms with van der Waals surface area (Å²) in [5, 5.41) is 0. The van der Waals surface area contributed by atoms with Gasteiger partial charge in [-0.15, -0.1) is 0 Å². The number of ether oxygens (including phenoxy) is 1. The zero-order valence-corrected chi connectivity index (χ0v) is 14.4. The molecule has 1 fully saturated rings. The molecule has 0 radical (unpaired) electrons. The monoisotopic (exact) mass is 336 g/mol. The van der Waals surface area contributed by atoms with Gasteiger partial charge < -0.3 is 15.0 Å². The highest BCUT2D eigenvalue weighted by Gasteiger charge is 2.14. The molecule has 25 heavy (non-hydrogen) atoms. The molecule has 4 rings (SSSR count). The standard InChI is InChI=1S/C20H24N4O/c21-17-7-5-16(6-8-17)15-20-22-18-3-1-2-4-19(18)24(20)10-9-23-11-13-25-14-12-23/h1-8H,9-15,21H2. The summed E-state index contributed by atoms with van der Waals surface area (Å²) in [6, 6.07) is 16.5. The third-order valence-corrected chi connectivity index (χ3v) is 4.82. The normalized spacial score (nSPS) is 15.7. The molecule has 2 aromatic carbocycles. The van der Waals surface area contributed by atoms with Gasteiger partial charge in [-0.25, -0.2) is 4.98 Å². The maximum atomic E-state index is 5.80. The average molecular weight is 336 g/mol. The van der Waals surface area contributed by atoms with E-state index in [2.05, 4.69) is 45.9 Å². The van der Waals surface area contributed by atoms with Crippen molar-refractivity contribution in [1.82, 2.24) is 14.5 Å². The van der Waals surface area contributed by atoms with E-state index in [0.29, 0.717) is 0 Å². The van der Waals surface area contributed by atoms with Gasteiger partial charge in [-0.1, -0.05) is 24.3 Å². The van der Waals surface area contributed by atoms with Crippen molar-refractivity contribution < 1.29 is 4.74 Å². The lowest BCUT2D eigenvalue weighted by Crippen LogP contribution is -2.38. The summed E-state index contributed by atoms with van der Waals surface area (Å²) < 4.78 is 7.81. The Morgan fingerprint density at radius 2 is 1.72 bits per heavy atom. The first-order chi connectivity index (χ1) is 12.3. The Labute approximate surface area is 148 Å². The molecule has 2 heterocycles. The number of rotatable bonds is 5. The average Bonchev–Trinajstić information content (AvgIpc) is 3.00. The van der Waals surface area contributed by atoms with Gasteiger partial charge in [0.1, 0.15) is 5.82 Å². The molecule has 0 atom stereocenters. The maximum Gasteiger partial charge on any atom is 0.114 e. The minimum absolute atomic E-state index is 0.796. The number of fused-ring (bicyclic) bond motifs is 1. The quantitative estimate of drug-likeness (QED) is 0.728. The van der Waals surface area contributed by atoms with Gasteiger partial charge in [0, 0.05) is 38.3 Å². The summed E-state index contributed by atoms with van der Waals surface area (Å²) >= 11 is 0. The van der Waals surface area contributed by atoms with Crippen molar-refractivity contribution in [3.8, 4) is 0 Å². The number of nitrogens with two attached hydrogens (primary N) is 1. The Bertz CT molecular complexity index is 835. The summed E-state index contributed by atoms with van der Waals surface area (Å²) in [5.41, 5.74) is 10.1.